The van der Waals surface area contributed by atoms with Crippen LogP contribution in [0.1, 0.15) is 40.3 Å². The number of nitrogens with two attached hydrogens (primary N) is 1. The van der Waals surface area contributed by atoms with Gasteiger partial charge in [-0.2, -0.15) is 0 Å². The zero-order valence-electron chi connectivity index (χ0n) is 12.3. The molecule has 1 unspecified atom stereocenters. The highest BCUT2D eigenvalue weighted by Gasteiger charge is 2.17. The summed E-state index contributed by atoms with van der Waals surface area (Å²) in [6, 6.07) is 5.53. The third-order valence-corrected chi connectivity index (χ3v) is 5.10. The first-order valence-corrected chi connectivity index (χ1v) is 8.44. The number of halogens is 2. The minimum atomic E-state index is -0.00906. The monoisotopic (exact) mass is 357 g/mol. The van der Waals surface area contributed by atoms with E-state index in [1.54, 1.807) is 13.0 Å². The Labute approximate surface area is 143 Å². The van der Waals surface area contributed by atoms with Gasteiger partial charge in [0.15, 0.2) is 10.9 Å². The SMILES string of the molecule is CCC(NCC(=O)c1sc(N)nc1C)c1ccc(Cl)c(Cl)c1. The number of nitrogen functional groups attached to an aromatic ring is 1. The predicted octanol–water partition coefficient (Wildman–Crippen LogP) is 4.26. The molecule has 0 radical (unpaired) electrons. The molecule has 0 saturated heterocycles. The first-order valence-electron chi connectivity index (χ1n) is 6.86. The second-order valence-corrected chi connectivity index (χ2v) is 6.75. The van der Waals surface area contributed by atoms with Crippen LogP contribution in [0.3, 0.4) is 0 Å². The topological polar surface area (TPSA) is 68.0 Å². The number of benzene rings is 1. The number of ketones is 1. The summed E-state index contributed by atoms with van der Waals surface area (Å²) in [5.74, 6) is -0.00906. The van der Waals surface area contributed by atoms with E-state index in [9.17, 15) is 4.79 Å². The number of rotatable bonds is 6. The van der Waals surface area contributed by atoms with Crippen LogP contribution in [-0.4, -0.2) is 17.3 Å². The maximum atomic E-state index is 12.3. The van der Waals surface area contributed by atoms with E-state index in [4.69, 9.17) is 28.9 Å². The number of hydrogen-bond donors (Lipinski definition) is 2. The average molecular weight is 358 g/mol. The number of aromatic nitrogens is 1. The first-order chi connectivity index (χ1) is 10.4. The van der Waals surface area contributed by atoms with Crippen molar-refractivity contribution in [1.29, 1.82) is 0 Å². The molecule has 1 heterocycles. The molecule has 22 heavy (non-hydrogen) atoms. The standard InChI is InChI=1S/C15H17Cl2N3OS/c1-3-12(9-4-5-10(16)11(17)6-9)19-7-13(21)14-8(2)20-15(18)22-14/h4-6,12,19H,3,7H2,1-2H3,(H2,18,20). The first kappa shape index (κ1) is 17.2. The van der Waals surface area contributed by atoms with Gasteiger partial charge in [-0.25, -0.2) is 4.98 Å². The van der Waals surface area contributed by atoms with Gasteiger partial charge in [0, 0.05) is 6.04 Å². The summed E-state index contributed by atoms with van der Waals surface area (Å²) in [4.78, 5) is 16.9. The number of aryl methyl sites for hydroxylation is 1. The molecule has 0 saturated carbocycles. The van der Waals surface area contributed by atoms with Crippen molar-refractivity contribution in [3.63, 3.8) is 0 Å². The summed E-state index contributed by atoms with van der Waals surface area (Å²) >= 11 is 13.2. The fourth-order valence-electron chi connectivity index (χ4n) is 2.20. The largest absolute Gasteiger partial charge is 0.375 e. The van der Waals surface area contributed by atoms with Crippen molar-refractivity contribution < 1.29 is 4.79 Å². The number of thiazole rings is 1. The van der Waals surface area contributed by atoms with Crippen LogP contribution in [0.25, 0.3) is 0 Å². The Morgan fingerprint density at radius 1 is 1.41 bits per heavy atom. The Hall–Kier alpha value is -1.14. The molecule has 3 N–H and O–H groups in total. The second kappa shape index (κ2) is 7.42. The predicted molar refractivity (Wildman–Crippen MR) is 93.1 cm³/mol. The smallest absolute Gasteiger partial charge is 0.188 e. The number of carbonyl (C=O) groups excluding carboxylic acids is 1. The van der Waals surface area contributed by atoms with Gasteiger partial charge < -0.3 is 11.1 Å². The zero-order chi connectivity index (χ0) is 16.3. The van der Waals surface area contributed by atoms with Crippen molar-refractivity contribution in [3.05, 3.63) is 44.4 Å². The zero-order valence-corrected chi connectivity index (χ0v) is 14.6. The van der Waals surface area contributed by atoms with Crippen LogP contribution in [0.4, 0.5) is 5.13 Å². The highest BCUT2D eigenvalue weighted by molar-refractivity contribution is 7.17. The molecule has 1 aromatic carbocycles. The average Bonchev–Trinajstić information content (AvgIpc) is 2.82. The van der Waals surface area contributed by atoms with E-state index in [1.165, 1.54) is 11.3 Å². The van der Waals surface area contributed by atoms with Crippen molar-refractivity contribution in [2.75, 3.05) is 12.3 Å². The minimum Gasteiger partial charge on any atom is -0.375 e. The molecule has 4 nitrogen and oxygen atoms in total. The number of Topliss-reactive ketones (excluding diaryl/α,β-unsaturated/α-hetero) is 1. The van der Waals surface area contributed by atoms with Crippen LogP contribution in [0.2, 0.25) is 10.0 Å². The summed E-state index contributed by atoms with van der Waals surface area (Å²) in [5, 5.41) is 4.70. The van der Waals surface area contributed by atoms with Gasteiger partial charge in [0.25, 0.3) is 0 Å². The molecule has 0 aliphatic rings. The Kier molecular flexibility index (Phi) is 5.81. The van der Waals surface area contributed by atoms with Crippen molar-refractivity contribution in [2.24, 2.45) is 0 Å². The van der Waals surface area contributed by atoms with Crippen molar-refractivity contribution in [2.45, 2.75) is 26.3 Å². The Bertz CT molecular complexity index is 687. The van der Waals surface area contributed by atoms with E-state index in [0.717, 1.165) is 12.0 Å². The van der Waals surface area contributed by atoms with Gasteiger partial charge >= 0.3 is 0 Å². The van der Waals surface area contributed by atoms with Gasteiger partial charge in [-0.05, 0) is 31.0 Å². The van der Waals surface area contributed by atoms with Gasteiger partial charge in [0.05, 0.1) is 27.2 Å². The van der Waals surface area contributed by atoms with Crippen LogP contribution in [0.15, 0.2) is 18.2 Å². The second-order valence-electron chi connectivity index (χ2n) is 4.91. The number of nitrogens with zero attached hydrogens (tertiary/aromatic N) is 1. The fraction of sp³-hybridized carbons (Fsp3) is 0.333. The third-order valence-electron chi connectivity index (χ3n) is 3.33. The highest BCUT2D eigenvalue weighted by Crippen LogP contribution is 2.27. The molecular formula is C15H17Cl2N3OS. The lowest BCUT2D eigenvalue weighted by molar-refractivity contribution is 0.0990. The number of hydrogen-bond acceptors (Lipinski definition) is 5. The molecule has 2 aromatic rings. The van der Waals surface area contributed by atoms with Crippen LogP contribution < -0.4 is 11.1 Å². The van der Waals surface area contributed by atoms with E-state index < -0.39 is 0 Å². The molecule has 0 fully saturated rings. The highest BCUT2D eigenvalue weighted by atomic mass is 35.5. The number of nitrogens with one attached hydrogen (secondary N) is 1. The molecule has 2 rings (SSSR count). The Morgan fingerprint density at radius 3 is 2.68 bits per heavy atom. The molecule has 118 valence electrons. The van der Waals surface area contributed by atoms with Crippen molar-refractivity contribution in [1.82, 2.24) is 10.3 Å². The molecule has 0 bridgehead atoms. The van der Waals surface area contributed by atoms with Gasteiger partial charge in [-0.1, -0.05) is 47.5 Å². The number of carbonyl (C=O) groups is 1. The number of anilines is 1. The molecular weight excluding hydrogens is 341 g/mol. The summed E-state index contributed by atoms with van der Waals surface area (Å²) < 4.78 is 0. The summed E-state index contributed by atoms with van der Waals surface area (Å²) in [6.07, 6.45) is 0.828. The van der Waals surface area contributed by atoms with E-state index in [-0.39, 0.29) is 18.4 Å². The van der Waals surface area contributed by atoms with Crippen LogP contribution in [0, 0.1) is 6.92 Å². The van der Waals surface area contributed by atoms with E-state index in [0.29, 0.717) is 25.7 Å². The Balaban J connectivity index is 2.06. The molecule has 7 heteroatoms. The third kappa shape index (κ3) is 3.98. The minimum absolute atomic E-state index is 0.00906. The van der Waals surface area contributed by atoms with Gasteiger partial charge in [-0.15, -0.1) is 0 Å². The molecule has 0 aliphatic heterocycles. The molecule has 1 atom stereocenters. The molecule has 1 aromatic heterocycles. The molecule has 0 aliphatic carbocycles. The van der Waals surface area contributed by atoms with Crippen LogP contribution >= 0.6 is 34.5 Å². The quantitative estimate of drug-likeness (QED) is 0.757. The van der Waals surface area contributed by atoms with Crippen molar-refractivity contribution >= 4 is 45.5 Å². The van der Waals surface area contributed by atoms with E-state index in [1.807, 2.05) is 19.1 Å². The Morgan fingerprint density at radius 2 is 2.14 bits per heavy atom. The van der Waals surface area contributed by atoms with Crippen LogP contribution in [-0.2, 0) is 0 Å². The lowest BCUT2D eigenvalue weighted by Gasteiger charge is -2.17. The molecule has 0 spiro atoms. The fourth-order valence-corrected chi connectivity index (χ4v) is 3.28. The van der Waals surface area contributed by atoms with Crippen LogP contribution in [0.5, 0.6) is 0 Å². The van der Waals surface area contributed by atoms with Gasteiger partial charge in [0.2, 0.25) is 0 Å². The van der Waals surface area contributed by atoms with Crippen molar-refractivity contribution in [3.8, 4) is 0 Å². The molecule has 0 amide bonds. The van der Waals surface area contributed by atoms with E-state index in [2.05, 4.69) is 10.3 Å². The lowest BCUT2D eigenvalue weighted by Crippen LogP contribution is -2.27. The normalized spacial score (nSPS) is 12.4. The van der Waals surface area contributed by atoms with Gasteiger partial charge in [-0.3, -0.25) is 4.79 Å². The summed E-state index contributed by atoms with van der Waals surface area (Å²) in [7, 11) is 0. The summed E-state index contributed by atoms with van der Waals surface area (Å²) in [6.45, 7) is 4.05. The lowest BCUT2D eigenvalue weighted by atomic mass is 10.0. The maximum absolute atomic E-state index is 12.3. The maximum Gasteiger partial charge on any atom is 0.188 e. The van der Waals surface area contributed by atoms with Gasteiger partial charge in [0.1, 0.15) is 0 Å². The van der Waals surface area contributed by atoms with E-state index >= 15 is 0 Å². The summed E-state index contributed by atoms with van der Waals surface area (Å²) in [5.41, 5.74) is 7.31.